The maximum absolute atomic E-state index is 11.8. The highest BCUT2D eigenvalue weighted by Crippen LogP contribution is 2.13. The van der Waals surface area contributed by atoms with E-state index in [2.05, 4.69) is 12.2 Å². The minimum atomic E-state index is -0.0570. The van der Waals surface area contributed by atoms with Gasteiger partial charge in [-0.1, -0.05) is 19.1 Å². The van der Waals surface area contributed by atoms with E-state index < -0.39 is 0 Å². The maximum atomic E-state index is 11.8. The number of amides is 2. The summed E-state index contributed by atoms with van der Waals surface area (Å²) in [6, 6.07) is 7.85. The van der Waals surface area contributed by atoms with Crippen molar-refractivity contribution in [2.45, 2.75) is 26.2 Å². The van der Waals surface area contributed by atoms with Crippen LogP contribution >= 0.6 is 11.8 Å². The second kappa shape index (κ2) is 8.08. The van der Waals surface area contributed by atoms with Gasteiger partial charge in [0.25, 0.3) is 0 Å². The number of hydrogen-bond acceptors (Lipinski definition) is 3. The summed E-state index contributed by atoms with van der Waals surface area (Å²) in [6.45, 7) is 3.84. The average Bonchev–Trinajstić information content (AvgIpc) is 3.02. The second-order valence-corrected chi connectivity index (χ2v) is 6.16. The van der Waals surface area contributed by atoms with E-state index in [1.165, 1.54) is 17.3 Å². The molecule has 1 heterocycles. The normalized spacial score (nSPS) is 14.2. The van der Waals surface area contributed by atoms with Crippen LogP contribution in [0.1, 0.15) is 25.3 Å². The number of hydrogen-bond donors (Lipinski definition) is 1. The summed E-state index contributed by atoms with van der Waals surface area (Å²) < 4.78 is 0. The van der Waals surface area contributed by atoms with E-state index in [1.807, 2.05) is 29.2 Å². The fourth-order valence-corrected chi connectivity index (χ4v) is 3.03. The van der Waals surface area contributed by atoms with Crippen LogP contribution < -0.4 is 5.32 Å². The van der Waals surface area contributed by atoms with E-state index in [0.29, 0.717) is 11.5 Å². The average molecular weight is 306 g/mol. The highest BCUT2D eigenvalue weighted by Gasteiger charge is 2.17. The van der Waals surface area contributed by atoms with Gasteiger partial charge in [0.1, 0.15) is 0 Å². The van der Waals surface area contributed by atoms with Crippen molar-refractivity contribution < 1.29 is 9.59 Å². The van der Waals surface area contributed by atoms with Crippen molar-refractivity contribution in [1.82, 2.24) is 4.90 Å². The number of nitrogens with zero attached hydrogens (tertiary/aromatic N) is 1. The third-order valence-corrected chi connectivity index (χ3v) is 4.48. The molecular formula is C16H22N2O2S. The lowest BCUT2D eigenvalue weighted by atomic mass is 10.1. The molecule has 1 N–H and O–H groups in total. The molecule has 0 atom stereocenters. The van der Waals surface area contributed by atoms with Crippen LogP contribution in [0, 0.1) is 0 Å². The third-order valence-electron chi connectivity index (χ3n) is 3.56. The number of likely N-dealkylation sites (tertiary alicyclic amines) is 1. The molecule has 0 bridgehead atoms. The second-order valence-electron chi connectivity index (χ2n) is 5.18. The SMILES string of the molecule is CCc1ccc(NC(=O)CSCC(=O)N2CCCC2)cc1. The van der Waals surface area contributed by atoms with Crippen molar-refractivity contribution in [3.63, 3.8) is 0 Å². The Kier molecular flexibility index (Phi) is 6.11. The molecule has 1 aliphatic rings. The standard InChI is InChI=1S/C16H22N2O2S/c1-2-13-5-7-14(8-6-13)17-15(19)11-21-12-16(20)18-9-3-4-10-18/h5-8H,2-4,9-12H2,1H3,(H,17,19). The molecule has 0 aliphatic carbocycles. The van der Waals surface area contributed by atoms with Crippen molar-refractivity contribution in [2.24, 2.45) is 0 Å². The van der Waals surface area contributed by atoms with Crippen LogP contribution in [0.2, 0.25) is 0 Å². The predicted octanol–water partition coefficient (Wildman–Crippen LogP) is 2.54. The van der Waals surface area contributed by atoms with Gasteiger partial charge in [0.2, 0.25) is 11.8 Å². The molecule has 5 heteroatoms. The topological polar surface area (TPSA) is 49.4 Å². The molecule has 1 aromatic carbocycles. The van der Waals surface area contributed by atoms with Crippen LogP contribution in [0.15, 0.2) is 24.3 Å². The zero-order valence-electron chi connectivity index (χ0n) is 12.4. The monoisotopic (exact) mass is 306 g/mol. The Bertz CT molecular complexity index is 482. The quantitative estimate of drug-likeness (QED) is 0.878. The molecule has 1 aromatic rings. The van der Waals surface area contributed by atoms with Gasteiger partial charge in [-0.25, -0.2) is 0 Å². The summed E-state index contributed by atoms with van der Waals surface area (Å²) >= 11 is 1.38. The minimum absolute atomic E-state index is 0.0570. The van der Waals surface area contributed by atoms with Crippen LogP contribution in [0.4, 0.5) is 5.69 Å². The van der Waals surface area contributed by atoms with Gasteiger partial charge in [0.15, 0.2) is 0 Å². The van der Waals surface area contributed by atoms with Gasteiger partial charge in [0.05, 0.1) is 11.5 Å². The maximum Gasteiger partial charge on any atom is 0.234 e. The van der Waals surface area contributed by atoms with Crippen LogP contribution in [-0.2, 0) is 16.0 Å². The summed E-state index contributed by atoms with van der Waals surface area (Å²) in [7, 11) is 0. The lowest BCUT2D eigenvalue weighted by Crippen LogP contribution is -2.29. The first kappa shape index (κ1) is 15.9. The Hall–Kier alpha value is -1.49. The first-order valence-corrected chi connectivity index (χ1v) is 8.59. The third kappa shape index (κ3) is 5.08. The van der Waals surface area contributed by atoms with Crippen molar-refractivity contribution in [1.29, 1.82) is 0 Å². The van der Waals surface area contributed by atoms with E-state index in [0.717, 1.165) is 38.0 Å². The summed E-state index contributed by atoms with van der Waals surface area (Å²) in [5, 5.41) is 2.85. The molecule has 1 aliphatic heterocycles. The lowest BCUT2D eigenvalue weighted by molar-refractivity contribution is -0.127. The Morgan fingerprint density at radius 1 is 1.14 bits per heavy atom. The molecule has 1 fully saturated rings. The van der Waals surface area contributed by atoms with E-state index in [-0.39, 0.29) is 11.8 Å². The number of rotatable bonds is 6. The van der Waals surface area contributed by atoms with Gasteiger partial charge in [-0.05, 0) is 37.0 Å². The molecule has 2 amide bonds. The Labute approximate surface area is 130 Å². The number of thioether (sulfide) groups is 1. The Balaban J connectivity index is 1.68. The number of carbonyl (C=O) groups is 2. The Morgan fingerprint density at radius 2 is 1.81 bits per heavy atom. The van der Waals surface area contributed by atoms with E-state index in [4.69, 9.17) is 0 Å². The van der Waals surface area contributed by atoms with Gasteiger partial charge < -0.3 is 10.2 Å². The number of anilines is 1. The van der Waals surface area contributed by atoms with Crippen molar-refractivity contribution in [3.8, 4) is 0 Å². The van der Waals surface area contributed by atoms with Crippen LogP contribution in [0.5, 0.6) is 0 Å². The highest BCUT2D eigenvalue weighted by molar-refractivity contribution is 8.00. The van der Waals surface area contributed by atoms with Gasteiger partial charge in [-0.3, -0.25) is 9.59 Å². The number of aryl methyl sites for hydroxylation is 1. The van der Waals surface area contributed by atoms with Gasteiger partial charge in [0, 0.05) is 18.8 Å². The van der Waals surface area contributed by atoms with Crippen molar-refractivity contribution in [3.05, 3.63) is 29.8 Å². The molecule has 0 unspecified atom stereocenters. The minimum Gasteiger partial charge on any atom is -0.342 e. The Morgan fingerprint density at radius 3 is 2.43 bits per heavy atom. The molecule has 0 spiro atoms. The fourth-order valence-electron chi connectivity index (χ4n) is 2.31. The van der Waals surface area contributed by atoms with E-state index in [1.54, 1.807) is 0 Å². The molecule has 0 aromatic heterocycles. The first-order valence-electron chi connectivity index (χ1n) is 7.43. The molecule has 21 heavy (non-hydrogen) atoms. The lowest BCUT2D eigenvalue weighted by Gasteiger charge is -2.14. The number of benzene rings is 1. The molecule has 114 valence electrons. The fraction of sp³-hybridized carbons (Fsp3) is 0.500. The van der Waals surface area contributed by atoms with Crippen LogP contribution in [0.3, 0.4) is 0 Å². The van der Waals surface area contributed by atoms with Crippen molar-refractivity contribution >= 4 is 29.3 Å². The van der Waals surface area contributed by atoms with Crippen molar-refractivity contribution in [2.75, 3.05) is 29.9 Å². The molecule has 1 saturated heterocycles. The molecular weight excluding hydrogens is 284 g/mol. The first-order chi connectivity index (χ1) is 10.2. The van der Waals surface area contributed by atoms with Crippen LogP contribution in [0.25, 0.3) is 0 Å². The zero-order chi connectivity index (χ0) is 15.1. The molecule has 0 saturated carbocycles. The molecule has 0 radical (unpaired) electrons. The summed E-state index contributed by atoms with van der Waals surface area (Å²) in [5.41, 5.74) is 2.06. The van der Waals surface area contributed by atoms with Gasteiger partial charge >= 0.3 is 0 Å². The predicted molar refractivity (Wildman–Crippen MR) is 87.6 cm³/mol. The summed E-state index contributed by atoms with van der Waals surface area (Å²) in [4.78, 5) is 25.5. The summed E-state index contributed by atoms with van der Waals surface area (Å²) in [6.07, 6.45) is 3.19. The van der Waals surface area contributed by atoms with Gasteiger partial charge in [-0.2, -0.15) is 0 Å². The van der Waals surface area contributed by atoms with E-state index in [9.17, 15) is 9.59 Å². The van der Waals surface area contributed by atoms with Crippen LogP contribution in [-0.4, -0.2) is 41.3 Å². The largest absolute Gasteiger partial charge is 0.342 e. The smallest absolute Gasteiger partial charge is 0.234 e. The van der Waals surface area contributed by atoms with Gasteiger partial charge in [-0.15, -0.1) is 11.8 Å². The molecule has 4 nitrogen and oxygen atoms in total. The number of nitrogens with one attached hydrogen (secondary N) is 1. The summed E-state index contributed by atoms with van der Waals surface area (Å²) in [5.74, 6) is 0.799. The molecule has 2 rings (SSSR count). The highest BCUT2D eigenvalue weighted by atomic mass is 32.2. The zero-order valence-corrected chi connectivity index (χ0v) is 13.2. The van der Waals surface area contributed by atoms with E-state index >= 15 is 0 Å². The number of carbonyl (C=O) groups excluding carboxylic acids is 2.